The first-order chi connectivity index (χ1) is 21.3. The number of nitrogens with zero attached hydrogens (tertiary/aromatic N) is 3. The Balaban J connectivity index is 1.29. The maximum absolute atomic E-state index is 8.15. The molecule has 5 heteroatoms. The van der Waals surface area contributed by atoms with Gasteiger partial charge in [0.15, 0.2) is 0 Å². The second-order valence-corrected chi connectivity index (χ2v) is 10.6. The highest BCUT2D eigenvalue weighted by Gasteiger charge is 2.17. The monoisotopic (exact) mass is 553 g/mol. The lowest BCUT2D eigenvalue weighted by molar-refractivity contribution is 1.10. The molecule has 2 N–H and O–H groups in total. The van der Waals surface area contributed by atoms with E-state index in [4.69, 9.17) is 10.4 Å². The molecule has 0 aliphatic carbocycles. The quantitative estimate of drug-likeness (QED) is 0.201. The molecule has 0 radical (unpaired) electrons. The average molecular weight is 554 g/mol. The molecule has 6 aromatic carbocycles. The molecular weight excluding hydrogens is 526 g/mol. The number of nitrogens with one attached hydrogen (secondary N) is 2. The SMILES string of the molecule is N=Cc1cc2c3ccccc3n(-c3ccc(-c4nc5ccccc5n4-c4ccccc4)cc3)c2cc1Nc1ccccc1. The molecule has 0 amide bonds. The Morgan fingerprint density at radius 2 is 1.21 bits per heavy atom. The molecule has 2 aromatic heterocycles. The van der Waals surface area contributed by atoms with Gasteiger partial charge in [0.25, 0.3) is 0 Å². The van der Waals surface area contributed by atoms with Crippen molar-refractivity contribution in [3.8, 4) is 22.8 Å². The minimum Gasteiger partial charge on any atom is -0.355 e. The van der Waals surface area contributed by atoms with Crippen LogP contribution in [0.15, 0.2) is 146 Å². The molecule has 0 aliphatic heterocycles. The van der Waals surface area contributed by atoms with Crippen LogP contribution in [-0.2, 0) is 0 Å². The first kappa shape index (κ1) is 24.8. The first-order valence-electron chi connectivity index (χ1n) is 14.3. The number of benzene rings is 6. The summed E-state index contributed by atoms with van der Waals surface area (Å²) in [5, 5.41) is 13.9. The molecule has 0 bridgehead atoms. The maximum Gasteiger partial charge on any atom is 0.145 e. The predicted molar refractivity (Wildman–Crippen MR) is 178 cm³/mol. The molecule has 8 aromatic rings. The summed E-state index contributed by atoms with van der Waals surface area (Å²) in [6, 6.07) is 50.2. The number of fused-ring (bicyclic) bond motifs is 4. The molecule has 43 heavy (non-hydrogen) atoms. The summed E-state index contributed by atoms with van der Waals surface area (Å²) in [4.78, 5) is 5.05. The molecule has 0 saturated carbocycles. The molecule has 0 fully saturated rings. The Morgan fingerprint density at radius 3 is 1.98 bits per heavy atom. The second kappa shape index (κ2) is 10.2. The van der Waals surface area contributed by atoms with Crippen molar-refractivity contribution >= 4 is 50.4 Å². The highest BCUT2D eigenvalue weighted by atomic mass is 15.1. The van der Waals surface area contributed by atoms with Crippen molar-refractivity contribution < 1.29 is 0 Å². The first-order valence-corrected chi connectivity index (χ1v) is 14.3. The summed E-state index contributed by atoms with van der Waals surface area (Å²) in [6.07, 6.45) is 1.42. The van der Waals surface area contributed by atoms with Gasteiger partial charge in [0.1, 0.15) is 5.82 Å². The topological polar surface area (TPSA) is 58.6 Å². The van der Waals surface area contributed by atoms with E-state index in [1.807, 2.05) is 42.5 Å². The van der Waals surface area contributed by atoms with E-state index in [0.29, 0.717) is 0 Å². The van der Waals surface area contributed by atoms with Crippen molar-refractivity contribution in [2.24, 2.45) is 0 Å². The zero-order valence-electron chi connectivity index (χ0n) is 23.3. The maximum atomic E-state index is 8.15. The van der Waals surface area contributed by atoms with E-state index in [1.54, 1.807) is 0 Å². The van der Waals surface area contributed by atoms with Crippen LogP contribution < -0.4 is 5.32 Å². The van der Waals surface area contributed by atoms with Gasteiger partial charge in [-0.15, -0.1) is 0 Å². The van der Waals surface area contributed by atoms with Gasteiger partial charge in [-0.05, 0) is 78.9 Å². The molecule has 0 unspecified atom stereocenters. The Labute approximate surface area is 248 Å². The fourth-order valence-corrected chi connectivity index (χ4v) is 6.03. The molecule has 0 aliphatic rings. The normalized spacial score (nSPS) is 11.3. The van der Waals surface area contributed by atoms with Gasteiger partial charge in [-0.1, -0.05) is 66.7 Å². The molecule has 0 atom stereocenters. The van der Waals surface area contributed by atoms with E-state index in [-0.39, 0.29) is 0 Å². The molecular formula is C38H27N5. The van der Waals surface area contributed by atoms with Crippen molar-refractivity contribution in [3.05, 3.63) is 151 Å². The Hall–Kier alpha value is -5.94. The van der Waals surface area contributed by atoms with E-state index in [2.05, 4.69) is 118 Å². The van der Waals surface area contributed by atoms with Crippen LogP contribution in [0.25, 0.3) is 55.6 Å². The van der Waals surface area contributed by atoms with Crippen LogP contribution in [0.2, 0.25) is 0 Å². The lowest BCUT2D eigenvalue weighted by atomic mass is 10.1. The highest BCUT2D eigenvalue weighted by molar-refractivity contribution is 6.12. The third-order valence-corrected chi connectivity index (χ3v) is 8.01. The van der Waals surface area contributed by atoms with Gasteiger partial charge in [-0.25, -0.2) is 4.98 Å². The van der Waals surface area contributed by atoms with Gasteiger partial charge in [0.05, 0.1) is 22.1 Å². The van der Waals surface area contributed by atoms with Crippen molar-refractivity contribution in [3.63, 3.8) is 0 Å². The zero-order chi connectivity index (χ0) is 28.8. The zero-order valence-corrected chi connectivity index (χ0v) is 23.3. The third kappa shape index (κ3) is 4.18. The van der Waals surface area contributed by atoms with Crippen molar-refractivity contribution in [1.29, 1.82) is 5.41 Å². The molecule has 0 spiro atoms. The summed E-state index contributed by atoms with van der Waals surface area (Å²) in [5.41, 5.74) is 10.2. The van der Waals surface area contributed by atoms with Gasteiger partial charge in [0, 0.05) is 50.9 Å². The Morgan fingerprint density at radius 1 is 0.558 bits per heavy atom. The number of hydrogen-bond acceptors (Lipinski definition) is 3. The van der Waals surface area contributed by atoms with Gasteiger partial charge >= 0.3 is 0 Å². The summed E-state index contributed by atoms with van der Waals surface area (Å²) >= 11 is 0. The summed E-state index contributed by atoms with van der Waals surface area (Å²) in [7, 11) is 0. The smallest absolute Gasteiger partial charge is 0.145 e. The van der Waals surface area contributed by atoms with Crippen molar-refractivity contribution in [2.45, 2.75) is 0 Å². The van der Waals surface area contributed by atoms with Gasteiger partial charge in [-0.3, -0.25) is 4.57 Å². The van der Waals surface area contributed by atoms with Crippen molar-refractivity contribution in [2.75, 3.05) is 5.32 Å². The summed E-state index contributed by atoms with van der Waals surface area (Å²) in [5.74, 6) is 0.908. The van der Waals surface area contributed by atoms with Crippen molar-refractivity contribution in [1.82, 2.24) is 14.1 Å². The molecule has 8 rings (SSSR count). The predicted octanol–water partition coefficient (Wildman–Crippen LogP) is 9.53. The molecule has 0 saturated heterocycles. The van der Waals surface area contributed by atoms with E-state index in [1.165, 1.54) is 6.21 Å². The third-order valence-electron chi connectivity index (χ3n) is 8.01. The standard InChI is InChI=1S/C38H27N5/c39-25-27-23-32-31-15-7-9-17-35(31)42(37(32)24-34(27)40-28-11-3-1-4-12-28)30-21-19-26(20-22-30)38-41-33-16-8-10-18-36(33)43(38)29-13-5-2-6-14-29/h1-25,39-40H. The van der Waals surface area contributed by atoms with Crippen LogP contribution in [-0.4, -0.2) is 20.3 Å². The molecule has 5 nitrogen and oxygen atoms in total. The number of anilines is 2. The van der Waals surface area contributed by atoms with E-state index in [0.717, 1.165) is 72.5 Å². The van der Waals surface area contributed by atoms with Crippen LogP contribution >= 0.6 is 0 Å². The summed E-state index contributed by atoms with van der Waals surface area (Å²) in [6.45, 7) is 0. The average Bonchev–Trinajstić information content (AvgIpc) is 3.61. The van der Waals surface area contributed by atoms with Crippen LogP contribution in [0, 0.1) is 5.41 Å². The number of imidazole rings is 1. The van der Waals surface area contributed by atoms with Crippen LogP contribution in [0.3, 0.4) is 0 Å². The number of hydrogen-bond donors (Lipinski definition) is 2. The highest BCUT2D eigenvalue weighted by Crippen LogP contribution is 2.37. The Kier molecular flexibility index (Phi) is 5.86. The number of rotatable bonds is 6. The van der Waals surface area contributed by atoms with Crippen LogP contribution in [0.4, 0.5) is 11.4 Å². The number of aromatic nitrogens is 3. The van der Waals surface area contributed by atoms with Gasteiger partial charge < -0.3 is 15.3 Å². The summed E-state index contributed by atoms with van der Waals surface area (Å²) < 4.78 is 4.53. The van der Waals surface area contributed by atoms with Gasteiger partial charge in [-0.2, -0.15) is 0 Å². The fraction of sp³-hybridized carbons (Fsp3) is 0. The van der Waals surface area contributed by atoms with E-state index in [9.17, 15) is 0 Å². The van der Waals surface area contributed by atoms with Crippen LogP contribution in [0.5, 0.6) is 0 Å². The Bertz CT molecular complexity index is 2260. The van der Waals surface area contributed by atoms with Gasteiger partial charge in [0.2, 0.25) is 0 Å². The largest absolute Gasteiger partial charge is 0.355 e. The lowest BCUT2D eigenvalue weighted by Gasteiger charge is -2.13. The fourth-order valence-electron chi connectivity index (χ4n) is 6.03. The second-order valence-electron chi connectivity index (χ2n) is 10.6. The molecule has 204 valence electrons. The minimum atomic E-state index is 0.842. The molecule has 2 heterocycles. The number of para-hydroxylation sites is 5. The lowest BCUT2D eigenvalue weighted by Crippen LogP contribution is -1.99. The van der Waals surface area contributed by atoms with Crippen LogP contribution in [0.1, 0.15) is 5.56 Å². The van der Waals surface area contributed by atoms with E-state index < -0.39 is 0 Å². The minimum absolute atomic E-state index is 0.842. The van der Waals surface area contributed by atoms with E-state index >= 15 is 0 Å².